The lowest BCUT2D eigenvalue weighted by Gasteiger charge is -2.24. The fourth-order valence-electron chi connectivity index (χ4n) is 2.09. The van der Waals surface area contributed by atoms with Crippen LogP contribution in [0.4, 0.5) is 5.69 Å². The Labute approximate surface area is 111 Å². The number of hydrogen-bond donors (Lipinski definition) is 3. The number of nitrogens with one attached hydrogen (secondary N) is 1. The van der Waals surface area contributed by atoms with E-state index in [4.69, 9.17) is 16.2 Å². The molecule has 2 rings (SSSR count). The third-order valence-corrected chi connectivity index (χ3v) is 3.03. The quantitative estimate of drug-likeness (QED) is 0.734. The van der Waals surface area contributed by atoms with E-state index in [-0.39, 0.29) is 17.2 Å². The van der Waals surface area contributed by atoms with Crippen LogP contribution in [0.25, 0.3) is 0 Å². The molecule has 1 atom stereocenters. The number of nitrogens with two attached hydrogens (primary N) is 2. The predicted molar refractivity (Wildman–Crippen MR) is 70.9 cm³/mol. The normalized spacial score (nSPS) is 18.8. The molecule has 0 spiro atoms. The van der Waals surface area contributed by atoms with Gasteiger partial charge < -0.3 is 21.5 Å². The van der Waals surface area contributed by atoms with Crippen LogP contribution < -0.4 is 16.8 Å². The van der Waals surface area contributed by atoms with E-state index in [0.29, 0.717) is 12.3 Å². The molecule has 19 heavy (non-hydrogen) atoms. The van der Waals surface area contributed by atoms with Crippen molar-refractivity contribution in [1.29, 1.82) is 0 Å². The highest BCUT2D eigenvalue weighted by molar-refractivity contribution is 5.99. The van der Waals surface area contributed by atoms with Crippen molar-refractivity contribution in [2.45, 2.75) is 18.9 Å². The van der Waals surface area contributed by atoms with Crippen molar-refractivity contribution in [3.8, 4) is 0 Å². The number of primary amides is 2. The molecule has 1 heterocycles. The molecule has 1 aromatic carbocycles. The summed E-state index contributed by atoms with van der Waals surface area (Å²) in [7, 11) is 0. The number of hydrogen-bond acceptors (Lipinski definition) is 4. The Bertz CT molecular complexity index is 464. The van der Waals surface area contributed by atoms with Gasteiger partial charge in [0.2, 0.25) is 11.8 Å². The summed E-state index contributed by atoms with van der Waals surface area (Å²) in [5.74, 6) is -1.18. The first-order valence-corrected chi connectivity index (χ1v) is 6.15. The molecule has 6 heteroatoms. The molecule has 1 saturated heterocycles. The number of anilines is 1. The fourth-order valence-corrected chi connectivity index (χ4v) is 2.09. The Balaban J connectivity index is 2.22. The van der Waals surface area contributed by atoms with E-state index in [0.717, 1.165) is 19.4 Å². The first-order valence-electron chi connectivity index (χ1n) is 6.15. The fraction of sp³-hybridized carbons (Fsp3) is 0.385. The van der Waals surface area contributed by atoms with Crippen molar-refractivity contribution in [1.82, 2.24) is 0 Å². The van der Waals surface area contributed by atoms with E-state index < -0.39 is 11.8 Å². The molecule has 1 fully saturated rings. The van der Waals surface area contributed by atoms with Gasteiger partial charge in [0.25, 0.3) is 0 Å². The average Bonchev–Trinajstić information content (AvgIpc) is 2.39. The van der Waals surface area contributed by atoms with Crippen LogP contribution >= 0.6 is 0 Å². The Morgan fingerprint density at radius 3 is 2.26 bits per heavy atom. The molecule has 5 N–H and O–H groups in total. The summed E-state index contributed by atoms with van der Waals surface area (Å²) in [4.78, 5) is 22.5. The highest BCUT2D eigenvalue weighted by atomic mass is 16.5. The molecule has 0 saturated carbocycles. The molecule has 6 nitrogen and oxygen atoms in total. The smallest absolute Gasteiger partial charge is 0.248 e. The van der Waals surface area contributed by atoms with E-state index in [1.165, 1.54) is 6.07 Å². The number of carbonyl (C=O) groups excluding carboxylic acids is 2. The van der Waals surface area contributed by atoms with E-state index in [1.807, 2.05) is 0 Å². The van der Waals surface area contributed by atoms with Gasteiger partial charge in [-0.05, 0) is 31.0 Å². The predicted octanol–water partition coefficient (Wildman–Crippen LogP) is 0.475. The summed E-state index contributed by atoms with van der Waals surface area (Å²) in [6, 6.07) is 4.79. The Kier molecular flexibility index (Phi) is 4.01. The van der Waals surface area contributed by atoms with Gasteiger partial charge >= 0.3 is 0 Å². The topological polar surface area (TPSA) is 107 Å². The molecule has 1 aliphatic heterocycles. The zero-order valence-electron chi connectivity index (χ0n) is 10.5. The van der Waals surface area contributed by atoms with Crippen LogP contribution in [-0.2, 0) is 4.74 Å². The SMILES string of the molecule is NC(=O)c1cc(NC2CCCOC2)cc(C(N)=O)c1. The minimum atomic E-state index is -0.592. The molecule has 0 aliphatic carbocycles. The highest BCUT2D eigenvalue weighted by Gasteiger charge is 2.15. The maximum Gasteiger partial charge on any atom is 0.248 e. The number of ether oxygens (including phenoxy) is 1. The van der Waals surface area contributed by atoms with Crippen LogP contribution in [0.3, 0.4) is 0 Å². The van der Waals surface area contributed by atoms with Crippen molar-refractivity contribution in [3.05, 3.63) is 29.3 Å². The second kappa shape index (κ2) is 5.71. The monoisotopic (exact) mass is 263 g/mol. The molecule has 102 valence electrons. The van der Waals surface area contributed by atoms with Crippen molar-refractivity contribution < 1.29 is 14.3 Å². The summed E-state index contributed by atoms with van der Waals surface area (Å²) in [5, 5.41) is 3.23. The van der Waals surface area contributed by atoms with Crippen LogP contribution in [0, 0.1) is 0 Å². The van der Waals surface area contributed by atoms with Crippen LogP contribution in [0.1, 0.15) is 33.6 Å². The zero-order valence-corrected chi connectivity index (χ0v) is 10.5. The average molecular weight is 263 g/mol. The third-order valence-electron chi connectivity index (χ3n) is 3.03. The van der Waals surface area contributed by atoms with E-state index >= 15 is 0 Å². The van der Waals surface area contributed by atoms with E-state index in [1.54, 1.807) is 12.1 Å². The van der Waals surface area contributed by atoms with Crippen LogP contribution in [0.15, 0.2) is 18.2 Å². The van der Waals surface area contributed by atoms with Gasteiger partial charge in [-0.15, -0.1) is 0 Å². The van der Waals surface area contributed by atoms with Gasteiger partial charge in [-0.1, -0.05) is 0 Å². The maximum atomic E-state index is 11.2. The largest absolute Gasteiger partial charge is 0.380 e. The second-order valence-electron chi connectivity index (χ2n) is 4.59. The second-order valence-corrected chi connectivity index (χ2v) is 4.59. The van der Waals surface area contributed by atoms with Crippen LogP contribution in [0.5, 0.6) is 0 Å². The Hall–Kier alpha value is -2.08. The van der Waals surface area contributed by atoms with E-state index in [9.17, 15) is 9.59 Å². The van der Waals surface area contributed by atoms with Gasteiger partial charge in [-0.2, -0.15) is 0 Å². The van der Waals surface area contributed by atoms with Gasteiger partial charge in [0.15, 0.2) is 0 Å². The van der Waals surface area contributed by atoms with Gasteiger partial charge in [-0.25, -0.2) is 0 Å². The number of amides is 2. The molecular formula is C13H17N3O3. The van der Waals surface area contributed by atoms with Gasteiger partial charge in [0.1, 0.15) is 0 Å². The van der Waals surface area contributed by atoms with Crippen molar-refractivity contribution in [3.63, 3.8) is 0 Å². The molecule has 0 bridgehead atoms. The molecule has 2 amide bonds. The lowest BCUT2D eigenvalue weighted by Crippen LogP contribution is -2.30. The Morgan fingerprint density at radius 1 is 1.16 bits per heavy atom. The molecule has 0 radical (unpaired) electrons. The van der Waals surface area contributed by atoms with Crippen molar-refractivity contribution in [2.24, 2.45) is 11.5 Å². The van der Waals surface area contributed by atoms with Gasteiger partial charge in [0, 0.05) is 29.5 Å². The minimum absolute atomic E-state index is 0.164. The van der Waals surface area contributed by atoms with Gasteiger partial charge in [0.05, 0.1) is 6.61 Å². The van der Waals surface area contributed by atoms with Crippen molar-refractivity contribution in [2.75, 3.05) is 18.5 Å². The third kappa shape index (κ3) is 3.45. The van der Waals surface area contributed by atoms with Crippen LogP contribution in [0.2, 0.25) is 0 Å². The first kappa shape index (κ1) is 13.4. The number of benzene rings is 1. The molecule has 1 unspecified atom stereocenters. The molecular weight excluding hydrogens is 246 g/mol. The highest BCUT2D eigenvalue weighted by Crippen LogP contribution is 2.18. The lowest BCUT2D eigenvalue weighted by atomic mass is 10.1. The molecule has 1 aliphatic rings. The van der Waals surface area contributed by atoms with Crippen molar-refractivity contribution >= 4 is 17.5 Å². The maximum absolute atomic E-state index is 11.2. The lowest BCUT2D eigenvalue weighted by molar-refractivity contribution is 0.0876. The summed E-state index contributed by atoms with van der Waals surface area (Å²) in [6.45, 7) is 1.37. The van der Waals surface area contributed by atoms with Crippen LogP contribution in [-0.4, -0.2) is 31.1 Å². The summed E-state index contributed by atoms with van der Waals surface area (Å²) in [6.07, 6.45) is 1.96. The summed E-state index contributed by atoms with van der Waals surface area (Å²) in [5.41, 5.74) is 11.7. The zero-order chi connectivity index (χ0) is 13.8. The summed E-state index contributed by atoms with van der Waals surface area (Å²) < 4.78 is 5.36. The minimum Gasteiger partial charge on any atom is -0.380 e. The first-order chi connectivity index (χ1) is 9.06. The van der Waals surface area contributed by atoms with E-state index in [2.05, 4.69) is 5.32 Å². The number of rotatable bonds is 4. The van der Waals surface area contributed by atoms with Gasteiger partial charge in [-0.3, -0.25) is 9.59 Å². The Morgan fingerprint density at radius 2 is 1.79 bits per heavy atom. The number of carbonyl (C=O) groups is 2. The standard InChI is InChI=1S/C13H17N3O3/c14-12(17)8-4-9(13(15)18)6-11(5-8)16-10-2-1-3-19-7-10/h4-6,10,16H,1-3,7H2,(H2,14,17)(H2,15,18). The summed E-state index contributed by atoms with van der Waals surface area (Å²) >= 11 is 0. The molecule has 0 aromatic heterocycles. The molecule has 1 aromatic rings.